The summed E-state index contributed by atoms with van der Waals surface area (Å²) in [5, 5.41) is 8.36. The second-order valence-corrected chi connectivity index (χ2v) is 2.81. The lowest BCUT2D eigenvalue weighted by atomic mass is 10.1. The Bertz CT molecular complexity index is 416. The second-order valence-electron chi connectivity index (χ2n) is 2.81. The van der Waals surface area contributed by atoms with Crippen LogP contribution in [0.4, 0.5) is 0 Å². The summed E-state index contributed by atoms with van der Waals surface area (Å²) in [6, 6.07) is 8.83. The molecule has 15 heavy (non-hydrogen) atoms. The Hall–Kier alpha value is -2.08. The lowest BCUT2D eigenvalue weighted by Gasteiger charge is -2.01. The third-order valence-corrected chi connectivity index (χ3v) is 1.75. The van der Waals surface area contributed by atoms with Crippen molar-refractivity contribution in [3.63, 3.8) is 0 Å². The fraction of sp³-hybridized carbons (Fsp3) is 0.167. The third kappa shape index (κ3) is 3.28. The highest BCUT2D eigenvalue weighted by Crippen LogP contribution is 2.08. The van der Waals surface area contributed by atoms with Crippen molar-refractivity contribution in [1.29, 1.82) is 5.26 Å². The molecular weight excluding hydrogens is 190 g/mol. The van der Waals surface area contributed by atoms with Crippen molar-refractivity contribution < 1.29 is 9.53 Å². The average molecular weight is 201 g/mol. The first-order valence-corrected chi connectivity index (χ1v) is 4.61. The molecule has 0 spiro atoms. The van der Waals surface area contributed by atoms with Gasteiger partial charge in [0.25, 0.3) is 0 Å². The van der Waals surface area contributed by atoms with Gasteiger partial charge in [-0.25, -0.2) is 4.79 Å². The van der Waals surface area contributed by atoms with Gasteiger partial charge in [-0.2, -0.15) is 5.26 Å². The molecule has 0 unspecified atom stereocenters. The van der Waals surface area contributed by atoms with Crippen LogP contribution in [0, 0.1) is 11.3 Å². The fourth-order valence-electron chi connectivity index (χ4n) is 1.12. The molecule has 76 valence electrons. The Labute approximate surface area is 88.6 Å². The van der Waals surface area contributed by atoms with Crippen molar-refractivity contribution in [1.82, 2.24) is 0 Å². The molecule has 0 amide bonds. The van der Waals surface area contributed by atoms with E-state index in [0.717, 1.165) is 5.56 Å². The number of carbonyl (C=O) groups excluding carboxylic acids is 1. The van der Waals surface area contributed by atoms with Crippen LogP contribution in [0.15, 0.2) is 30.3 Å². The maximum atomic E-state index is 11.4. The number of ether oxygens (including phenoxy) is 1. The molecule has 0 aromatic heterocycles. The highest BCUT2D eigenvalue weighted by molar-refractivity contribution is 5.90. The minimum absolute atomic E-state index is 0.343. The summed E-state index contributed by atoms with van der Waals surface area (Å²) in [5.41, 5.74) is 1.30. The minimum Gasteiger partial charge on any atom is -0.462 e. The van der Waals surface area contributed by atoms with Gasteiger partial charge >= 0.3 is 5.97 Å². The first-order chi connectivity index (χ1) is 7.27. The molecular formula is C12H11NO2. The first-order valence-electron chi connectivity index (χ1n) is 4.61. The lowest BCUT2D eigenvalue weighted by Crippen LogP contribution is -2.04. The predicted octanol–water partition coefficient (Wildman–Crippen LogP) is 2.40. The van der Waals surface area contributed by atoms with Gasteiger partial charge in [0.05, 0.1) is 18.2 Å². The normalized spacial score (nSPS) is 9.87. The smallest absolute Gasteiger partial charge is 0.338 e. The van der Waals surface area contributed by atoms with Gasteiger partial charge in [-0.1, -0.05) is 12.1 Å². The summed E-state index contributed by atoms with van der Waals surface area (Å²) in [4.78, 5) is 11.4. The Morgan fingerprint density at radius 3 is 3.07 bits per heavy atom. The topological polar surface area (TPSA) is 50.1 Å². The Balaban J connectivity index is 2.88. The van der Waals surface area contributed by atoms with Crippen molar-refractivity contribution >= 4 is 12.0 Å². The quantitative estimate of drug-likeness (QED) is 0.557. The highest BCUT2D eigenvalue weighted by atomic mass is 16.5. The standard InChI is InChI=1S/C12H11NO2/c1-2-15-12(14)11-7-3-5-10(9-11)6-4-8-13/h3-7,9H,2H2,1H3. The molecule has 0 radical (unpaired) electrons. The second kappa shape index (κ2) is 5.61. The molecule has 0 fully saturated rings. The largest absolute Gasteiger partial charge is 0.462 e. The van der Waals surface area contributed by atoms with Gasteiger partial charge in [0.15, 0.2) is 0 Å². The number of esters is 1. The van der Waals surface area contributed by atoms with E-state index in [0.29, 0.717) is 12.2 Å². The molecule has 1 aromatic carbocycles. The van der Waals surface area contributed by atoms with E-state index in [1.54, 1.807) is 31.2 Å². The zero-order chi connectivity index (χ0) is 11.1. The summed E-state index contributed by atoms with van der Waals surface area (Å²) in [6.07, 6.45) is 3.01. The molecule has 0 heterocycles. The van der Waals surface area contributed by atoms with Crippen LogP contribution >= 0.6 is 0 Å². The maximum absolute atomic E-state index is 11.4. The van der Waals surface area contributed by atoms with Crippen LogP contribution in [-0.4, -0.2) is 12.6 Å². The van der Waals surface area contributed by atoms with Crippen molar-refractivity contribution in [2.45, 2.75) is 6.92 Å². The van der Waals surface area contributed by atoms with Gasteiger partial charge in [0, 0.05) is 6.08 Å². The van der Waals surface area contributed by atoms with Crippen molar-refractivity contribution in [2.75, 3.05) is 6.61 Å². The SMILES string of the molecule is CCOC(=O)c1cccc(C=CC#N)c1. The first kappa shape index (κ1) is 11.0. The van der Waals surface area contributed by atoms with Crippen LogP contribution in [0.2, 0.25) is 0 Å². The fourth-order valence-corrected chi connectivity index (χ4v) is 1.12. The van der Waals surface area contributed by atoms with Crippen molar-refractivity contribution in [3.8, 4) is 6.07 Å². The van der Waals surface area contributed by atoms with E-state index in [2.05, 4.69) is 0 Å². The van der Waals surface area contributed by atoms with Gasteiger partial charge in [0.2, 0.25) is 0 Å². The number of nitriles is 1. The molecule has 0 bridgehead atoms. The van der Waals surface area contributed by atoms with Crippen molar-refractivity contribution in [2.24, 2.45) is 0 Å². The zero-order valence-electron chi connectivity index (χ0n) is 8.43. The number of hydrogen-bond acceptors (Lipinski definition) is 3. The zero-order valence-corrected chi connectivity index (χ0v) is 8.43. The van der Waals surface area contributed by atoms with Gasteiger partial charge in [-0.15, -0.1) is 0 Å². The van der Waals surface area contributed by atoms with Crippen molar-refractivity contribution in [3.05, 3.63) is 41.5 Å². The lowest BCUT2D eigenvalue weighted by molar-refractivity contribution is 0.0526. The van der Waals surface area contributed by atoms with Crippen LogP contribution in [0.1, 0.15) is 22.8 Å². The molecule has 3 heteroatoms. The third-order valence-electron chi connectivity index (χ3n) is 1.75. The number of hydrogen-bond donors (Lipinski definition) is 0. The summed E-state index contributed by atoms with van der Waals surface area (Å²) in [6.45, 7) is 2.12. The van der Waals surface area contributed by atoms with E-state index in [1.165, 1.54) is 6.08 Å². The number of carbonyl (C=O) groups is 1. The summed E-state index contributed by atoms with van der Waals surface area (Å²) >= 11 is 0. The number of allylic oxidation sites excluding steroid dienone is 1. The van der Waals surface area contributed by atoms with E-state index in [1.807, 2.05) is 12.1 Å². The molecule has 0 aliphatic heterocycles. The van der Waals surface area contributed by atoms with Gasteiger partial charge in [0.1, 0.15) is 0 Å². The Kier molecular flexibility index (Phi) is 4.11. The maximum Gasteiger partial charge on any atom is 0.338 e. The molecule has 1 aromatic rings. The van der Waals surface area contributed by atoms with Gasteiger partial charge in [-0.05, 0) is 30.7 Å². The van der Waals surface area contributed by atoms with E-state index >= 15 is 0 Å². The van der Waals surface area contributed by atoms with Crippen LogP contribution in [0.3, 0.4) is 0 Å². The average Bonchev–Trinajstić information content (AvgIpc) is 2.27. The molecule has 3 nitrogen and oxygen atoms in total. The number of benzene rings is 1. The van der Waals surface area contributed by atoms with Crippen LogP contribution in [0.25, 0.3) is 6.08 Å². The van der Waals surface area contributed by atoms with Gasteiger partial charge in [-0.3, -0.25) is 0 Å². The Morgan fingerprint density at radius 2 is 2.40 bits per heavy atom. The van der Waals surface area contributed by atoms with Crippen LogP contribution < -0.4 is 0 Å². The number of nitrogens with zero attached hydrogens (tertiary/aromatic N) is 1. The van der Waals surface area contributed by atoms with Crippen LogP contribution in [0.5, 0.6) is 0 Å². The summed E-state index contributed by atoms with van der Waals surface area (Å²) in [7, 11) is 0. The van der Waals surface area contributed by atoms with Gasteiger partial charge < -0.3 is 4.74 Å². The van der Waals surface area contributed by atoms with E-state index in [9.17, 15) is 4.79 Å². The van der Waals surface area contributed by atoms with Crippen LogP contribution in [-0.2, 0) is 4.74 Å². The highest BCUT2D eigenvalue weighted by Gasteiger charge is 2.05. The molecule has 0 saturated carbocycles. The molecule has 0 aliphatic rings. The predicted molar refractivity (Wildman–Crippen MR) is 57.0 cm³/mol. The molecule has 1 rings (SSSR count). The Morgan fingerprint density at radius 1 is 1.60 bits per heavy atom. The molecule has 0 saturated heterocycles. The van der Waals surface area contributed by atoms with E-state index in [4.69, 9.17) is 10.00 Å². The summed E-state index contributed by atoms with van der Waals surface area (Å²) < 4.78 is 4.86. The molecule has 0 atom stereocenters. The summed E-state index contributed by atoms with van der Waals surface area (Å²) in [5.74, 6) is -0.343. The monoisotopic (exact) mass is 201 g/mol. The minimum atomic E-state index is -0.343. The van der Waals surface area contributed by atoms with E-state index < -0.39 is 0 Å². The van der Waals surface area contributed by atoms with E-state index in [-0.39, 0.29) is 5.97 Å². The number of rotatable bonds is 3. The molecule has 0 N–H and O–H groups in total. The molecule has 0 aliphatic carbocycles.